The Hall–Kier alpha value is -3.58. The first-order valence-corrected chi connectivity index (χ1v) is 9.62. The number of fused-ring (bicyclic) bond motifs is 5. The van der Waals surface area contributed by atoms with Crippen LogP contribution in [0.25, 0.3) is 43.8 Å². The Morgan fingerprint density at radius 3 is 2.32 bits per heavy atom. The van der Waals surface area contributed by atoms with E-state index in [1.54, 1.807) is 0 Å². The summed E-state index contributed by atoms with van der Waals surface area (Å²) >= 11 is 0. The third-order valence-corrected chi connectivity index (χ3v) is 5.53. The number of allylic oxidation sites excluding steroid dienone is 3. The van der Waals surface area contributed by atoms with Gasteiger partial charge in [-0.1, -0.05) is 79.4 Å². The lowest BCUT2D eigenvalue weighted by Crippen LogP contribution is -1.94. The Kier molecular flexibility index (Phi) is 3.87. The van der Waals surface area contributed by atoms with Crippen LogP contribution >= 0.6 is 0 Å². The highest BCUT2D eigenvalue weighted by Gasteiger charge is 2.14. The van der Waals surface area contributed by atoms with E-state index < -0.39 is 0 Å². The molecule has 0 bridgehead atoms. The van der Waals surface area contributed by atoms with E-state index in [9.17, 15) is 0 Å². The van der Waals surface area contributed by atoms with Gasteiger partial charge in [-0.3, -0.25) is 0 Å². The molecule has 28 heavy (non-hydrogen) atoms. The molecule has 1 heterocycles. The van der Waals surface area contributed by atoms with Crippen LogP contribution < -0.4 is 0 Å². The van der Waals surface area contributed by atoms with Crippen LogP contribution in [0.15, 0.2) is 104 Å². The summed E-state index contributed by atoms with van der Waals surface area (Å²) < 4.78 is 2.39. The van der Waals surface area contributed by atoms with Gasteiger partial charge in [-0.25, -0.2) is 0 Å². The van der Waals surface area contributed by atoms with Crippen LogP contribution in [0.3, 0.4) is 0 Å². The minimum Gasteiger partial charge on any atom is -0.309 e. The first-order chi connectivity index (χ1) is 13.8. The predicted molar refractivity (Wildman–Crippen MR) is 122 cm³/mol. The number of para-hydroxylation sites is 2. The van der Waals surface area contributed by atoms with Gasteiger partial charge in [-0.2, -0.15) is 0 Å². The van der Waals surface area contributed by atoms with Crippen molar-refractivity contribution in [3.8, 4) is 5.69 Å². The third kappa shape index (κ3) is 2.40. The summed E-state index contributed by atoms with van der Waals surface area (Å²) in [7, 11) is 0. The summed E-state index contributed by atoms with van der Waals surface area (Å²) in [6, 6.07) is 30.5. The summed E-state index contributed by atoms with van der Waals surface area (Å²) in [6.07, 6.45) is 4.02. The van der Waals surface area contributed by atoms with Gasteiger partial charge < -0.3 is 4.57 Å². The van der Waals surface area contributed by atoms with Gasteiger partial charge in [0.25, 0.3) is 0 Å². The molecule has 0 aliphatic heterocycles. The average Bonchev–Trinajstić information content (AvgIpc) is 3.10. The molecule has 1 nitrogen and oxygen atoms in total. The number of hydrogen-bond acceptors (Lipinski definition) is 0. The molecule has 0 saturated carbocycles. The number of nitrogens with zero attached hydrogens (tertiary/aromatic N) is 1. The van der Waals surface area contributed by atoms with Gasteiger partial charge in [0.2, 0.25) is 0 Å². The van der Waals surface area contributed by atoms with Crippen LogP contribution in [-0.2, 0) is 0 Å². The van der Waals surface area contributed by atoms with E-state index in [4.69, 9.17) is 0 Å². The topological polar surface area (TPSA) is 4.93 Å². The highest BCUT2D eigenvalue weighted by Crippen LogP contribution is 2.37. The Morgan fingerprint density at radius 2 is 1.54 bits per heavy atom. The lowest BCUT2D eigenvalue weighted by molar-refractivity contribution is 1.19. The zero-order valence-corrected chi connectivity index (χ0v) is 15.9. The second-order valence-corrected chi connectivity index (χ2v) is 7.03. The number of hydrogen-bond donors (Lipinski definition) is 0. The van der Waals surface area contributed by atoms with Crippen molar-refractivity contribution in [3.05, 3.63) is 109 Å². The van der Waals surface area contributed by atoms with Crippen molar-refractivity contribution in [2.24, 2.45) is 0 Å². The van der Waals surface area contributed by atoms with Gasteiger partial charge in [0, 0.05) is 21.8 Å². The van der Waals surface area contributed by atoms with Crippen molar-refractivity contribution < 1.29 is 0 Å². The van der Waals surface area contributed by atoms with Crippen LogP contribution in [0.1, 0.15) is 12.5 Å². The predicted octanol–water partition coefficient (Wildman–Crippen LogP) is 7.53. The maximum Gasteiger partial charge on any atom is 0.0619 e. The van der Waals surface area contributed by atoms with Crippen molar-refractivity contribution in [3.63, 3.8) is 0 Å². The van der Waals surface area contributed by atoms with Gasteiger partial charge in [-0.05, 0) is 47.7 Å². The maximum atomic E-state index is 3.95. The first-order valence-electron chi connectivity index (χ1n) is 9.62. The van der Waals surface area contributed by atoms with Crippen molar-refractivity contribution in [1.82, 2.24) is 4.57 Å². The molecule has 0 aliphatic rings. The van der Waals surface area contributed by atoms with E-state index in [2.05, 4.69) is 109 Å². The molecule has 1 heteroatoms. The van der Waals surface area contributed by atoms with Crippen molar-refractivity contribution in [2.45, 2.75) is 6.92 Å². The van der Waals surface area contributed by atoms with E-state index >= 15 is 0 Å². The number of aromatic nitrogens is 1. The summed E-state index contributed by atoms with van der Waals surface area (Å²) in [6.45, 7) is 6.00. The minimum absolute atomic E-state index is 1.16. The standard InChI is InChI=1S/C27H21N/c1-3-19(4-2)20-14-16-23-21(18-20)15-17-25-24-12-8-9-13-26(24)28(27(23)25)22-10-6-5-7-11-22/h3-18H,1H2,2H3/b19-4+. The maximum absolute atomic E-state index is 3.95. The van der Waals surface area contributed by atoms with Gasteiger partial charge in [0.05, 0.1) is 11.0 Å². The SMILES string of the molecule is C=C/C(=C\C)c1ccc2c(ccc3c4ccccc4n(-c4ccccc4)c23)c1. The lowest BCUT2D eigenvalue weighted by Gasteiger charge is -2.11. The van der Waals surface area contributed by atoms with E-state index in [0.29, 0.717) is 0 Å². The molecule has 0 unspecified atom stereocenters. The largest absolute Gasteiger partial charge is 0.309 e. The molecule has 0 atom stereocenters. The summed E-state index contributed by atoms with van der Waals surface area (Å²) in [4.78, 5) is 0. The second kappa shape index (κ2) is 6.54. The van der Waals surface area contributed by atoms with Crippen LogP contribution in [-0.4, -0.2) is 4.57 Å². The molecule has 0 spiro atoms. The highest BCUT2D eigenvalue weighted by atomic mass is 15.0. The molecular weight excluding hydrogens is 338 g/mol. The van der Waals surface area contributed by atoms with Crippen LogP contribution in [0.2, 0.25) is 0 Å². The smallest absolute Gasteiger partial charge is 0.0619 e. The lowest BCUT2D eigenvalue weighted by atomic mass is 9.99. The summed E-state index contributed by atoms with van der Waals surface area (Å²) in [5.74, 6) is 0. The van der Waals surface area contributed by atoms with Crippen molar-refractivity contribution >= 4 is 38.2 Å². The molecule has 0 fully saturated rings. The number of benzene rings is 4. The molecule has 1 aromatic heterocycles. The fourth-order valence-corrected chi connectivity index (χ4v) is 4.22. The molecular formula is C27H21N. The quantitative estimate of drug-likeness (QED) is 0.293. The first kappa shape index (κ1) is 16.6. The third-order valence-electron chi connectivity index (χ3n) is 5.53. The Labute approximate surface area is 164 Å². The molecule has 5 aromatic rings. The van der Waals surface area contributed by atoms with Crippen LogP contribution in [0, 0.1) is 0 Å². The molecule has 0 N–H and O–H groups in total. The van der Waals surface area contributed by atoms with Gasteiger partial charge in [-0.15, -0.1) is 0 Å². The minimum atomic E-state index is 1.16. The van der Waals surface area contributed by atoms with Gasteiger partial charge in [0.1, 0.15) is 0 Å². The molecule has 0 amide bonds. The van der Waals surface area contributed by atoms with E-state index in [1.807, 2.05) is 6.08 Å². The Balaban J connectivity index is 1.94. The molecule has 0 saturated heterocycles. The normalized spacial score (nSPS) is 12.1. The zero-order valence-electron chi connectivity index (χ0n) is 15.9. The van der Waals surface area contributed by atoms with E-state index in [0.717, 1.165) is 5.57 Å². The molecule has 134 valence electrons. The zero-order chi connectivity index (χ0) is 19.1. The van der Waals surface area contributed by atoms with Gasteiger partial charge >= 0.3 is 0 Å². The fraction of sp³-hybridized carbons (Fsp3) is 0.0370. The Morgan fingerprint density at radius 1 is 0.786 bits per heavy atom. The van der Waals surface area contributed by atoms with E-state index in [-0.39, 0.29) is 0 Å². The fourth-order valence-electron chi connectivity index (χ4n) is 4.22. The van der Waals surface area contributed by atoms with Crippen molar-refractivity contribution in [1.29, 1.82) is 0 Å². The Bertz CT molecular complexity index is 1370. The van der Waals surface area contributed by atoms with Crippen LogP contribution in [0.4, 0.5) is 0 Å². The molecule has 0 radical (unpaired) electrons. The van der Waals surface area contributed by atoms with Crippen LogP contribution in [0.5, 0.6) is 0 Å². The molecule has 5 rings (SSSR count). The molecule has 0 aliphatic carbocycles. The number of rotatable bonds is 3. The molecule has 4 aromatic carbocycles. The monoisotopic (exact) mass is 359 g/mol. The summed E-state index contributed by atoms with van der Waals surface area (Å²) in [5.41, 5.74) is 6.04. The van der Waals surface area contributed by atoms with E-state index in [1.165, 1.54) is 43.8 Å². The highest BCUT2D eigenvalue weighted by molar-refractivity contribution is 6.18. The average molecular weight is 359 g/mol. The van der Waals surface area contributed by atoms with Gasteiger partial charge in [0.15, 0.2) is 0 Å². The van der Waals surface area contributed by atoms with Crippen molar-refractivity contribution in [2.75, 3.05) is 0 Å². The second-order valence-electron chi connectivity index (χ2n) is 7.03. The summed E-state index contributed by atoms with van der Waals surface area (Å²) in [5, 5.41) is 5.08.